The van der Waals surface area contributed by atoms with Crippen LogP contribution in [0.5, 0.6) is 0 Å². The van der Waals surface area contributed by atoms with Crippen molar-refractivity contribution in [3.8, 4) is 0 Å². The van der Waals surface area contributed by atoms with Crippen molar-refractivity contribution in [2.24, 2.45) is 5.73 Å². The van der Waals surface area contributed by atoms with E-state index in [1.165, 1.54) is 0 Å². The Hall–Kier alpha value is -0.126. The molecule has 0 aromatic heterocycles. The van der Waals surface area contributed by atoms with E-state index in [4.69, 9.17) is 27.9 Å². The van der Waals surface area contributed by atoms with Crippen molar-refractivity contribution in [2.45, 2.75) is 33.2 Å². The van der Waals surface area contributed by atoms with Crippen LogP contribution in [0.15, 0.2) is 0 Å². The summed E-state index contributed by atoms with van der Waals surface area (Å²) in [6, 6.07) is 0.818. The van der Waals surface area contributed by atoms with Crippen molar-refractivity contribution < 1.29 is 22.2 Å². The quantitative estimate of drug-likeness (QED) is 0.628. The molecule has 2 N–H and O–H groups in total. The van der Waals surface area contributed by atoms with Crippen molar-refractivity contribution in [1.29, 1.82) is 0 Å². The average Bonchev–Trinajstić information content (AvgIpc) is 2.29. The highest BCUT2D eigenvalue weighted by atomic mass is 28.4. The Kier molecular flexibility index (Phi) is 15.8. The van der Waals surface area contributed by atoms with E-state index in [2.05, 4.69) is 0 Å². The zero-order chi connectivity index (χ0) is 13.6. The first-order valence-electron chi connectivity index (χ1n) is 5.77. The zero-order valence-corrected chi connectivity index (χ0v) is 12.9. The fourth-order valence-electron chi connectivity index (χ4n) is 1.32. The van der Waals surface area contributed by atoms with E-state index in [1.807, 2.05) is 20.8 Å². The van der Waals surface area contributed by atoms with E-state index in [0.717, 1.165) is 12.5 Å². The van der Waals surface area contributed by atoms with Gasteiger partial charge in [-0.3, -0.25) is 8.92 Å². The van der Waals surface area contributed by atoms with Crippen LogP contribution < -0.4 is 5.73 Å². The standard InChI is InChI=1S/C9H23NO3Si.O2Si/c1-4-11-14(12-5-2,13-6-3)9-7-8-10;1-3-2/h4-10H2,1-3H3;. The molecule has 102 valence electrons. The van der Waals surface area contributed by atoms with E-state index in [0.29, 0.717) is 26.4 Å². The lowest BCUT2D eigenvalue weighted by atomic mass is 10.5. The van der Waals surface area contributed by atoms with Crippen molar-refractivity contribution >= 4 is 18.1 Å². The highest BCUT2D eigenvalue weighted by molar-refractivity contribution is 6.60. The summed E-state index contributed by atoms with van der Waals surface area (Å²) in [5, 5.41) is 0. The Morgan fingerprint density at radius 1 is 1.00 bits per heavy atom. The summed E-state index contributed by atoms with van der Waals surface area (Å²) in [4.78, 5) is 0. The van der Waals surface area contributed by atoms with Crippen molar-refractivity contribution in [3.05, 3.63) is 0 Å². The molecule has 0 saturated heterocycles. The van der Waals surface area contributed by atoms with Crippen LogP contribution >= 0.6 is 0 Å². The fourth-order valence-corrected chi connectivity index (χ4v) is 3.96. The van der Waals surface area contributed by atoms with Crippen LogP contribution in [0.1, 0.15) is 27.2 Å². The van der Waals surface area contributed by atoms with E-state index in [9.17, 15) is 0 Å². The second-order valence-corrected chi connectivity index (χ2v) is 5.86. The van der Waals surface area contributed by atoms with Crippen molar-refractivity contribution in [2.75, 3.05) is 26.4 Å². The van der Waals surface area contributed by atoms with Gasteiger partial charge in [-0.15, -0.1) is 0 Å². The summed E-state index contributed by atoms with van der Waals surface area (Å²) in [5.41, 5.74) is 5.48. The zero-order valence-electron chi connectivity index (χ0n) is 10.9. The minimum atomic E-state index is -2.40. The van der Waals surface area contributed by atoms with Gasteiger partial charge in [0, 0.05) is 25.9 Å². The van der Waals surface area contributed by atoms with Crippen LogP contribution in [-0.4, -0.2) is 44.5 Å². The van der Waals surface area contributed by atoms with E-state index in [-0.39, 0.29) is 0 Å². The van der Waals surface area contributed by atoms with Crippen LogP contribution in [0.4, 0.5) is 0 Å². The molecule has 0 aliphatic rings. The van der Waals surface area contributed by atoms with Crippen LogP contribution in [0.25, 0.3) is 0 Å². The summed E-state index contributed by atoms with van der Waals surface area (Å²) in [6.45, 7) is 8.44. The van der Waals surface area contributed by atoms with Crippen LogP contribution in [-0.2, 0) is 22.2 Å². The van der Waals surface area contributed by atoms with Crippen LogP contribution in [0.2, 0.25) is 6.04 Å². The average molecular weight is 281 g/mol. The molecule has 0 rings (SSSR count). The van der Waals surface area contributed by atoms with Gasteiger partial charge in [-0.2, -0.15) is 0 Å². The largest absolute Gasteiger partial charge is 0.549 e. The first-order valence-corrected chi connectivity index (χ1v) is 8.52. The number of hydrogen-bond donors (Lipinski definition) is 1. The molecular formula is C9H23NO5Si2. The molecule has 0 aromatic carbocycles. The molecule has 0 aromatic rings. The summed E-state index contributed by atoms with van der Waals surface area (Å²) in [5.74, 6) is 0. The SMILES string of the molecule is CCO[Si](CCCN)(OCC)OCC.O=[Si]=O. The Labute approximate surface area is 106 Å². The molecule has 0 heterocycles. The Balaban J connectivity index is 0. The van der Waals surface area contributed by atoms with Gasteiger partial charge in [0.2, 0.25) is 0 Å². The topological polar surface area (TPSA) is 87.8 Å². The molecule has 0 bridgehead atoms. The molecule has 17 heavy (non-hydrogen) atoms. The Morgan fingerprint density at radius 2 is 1.35 bits per heavy atom. The minimum Gasteiger partial charge on any atom is -0.374 e. The van der Waals surface area contributed by atoms with Gasteiger partial charge >= 0.3 is 18.1 Å². The first-order chi connectivity index (χ1) is 8.16. The second kappa shape index (κ2) is 13.9. The number of nitrogens with two attached hydrogens (primary N) is 1. The third-order valence-electron chi connectivity index (χ3n) is 1.78. The van der Waals surface area contributed by atoms with Crippen LogP contribution in [0.3, 0.4) is 0 Å². The summed E-state index contributed by atoms with van der Waals surface area (Å²) >= 11 is 0. The predicted octanol–water partition coefficient (Wildman–Crippen LogP) is 0.765. The molecule has 0 aliphatic heterocycles. The monoisotopic (exact) mass is 281 g/mol. The number of hydrogen-bond acceptors (Lipinski definition) is 6. The van der Waals surface area contributed by atoms with E-state index in [1.54, 1.807) is 0 Å². The van der Waals surface area contributed by atoms with Gasteiger partial charge in [-0.05, 0) is 33.7 Å². The lowest BCUT2D eigenvalue weighted by Crippen LogP contribution is -2.46. The lowest BCUT2D eigenvalue weighted by Gasteiger charge is -2.28. The van der Waals surface area contributed by atoms with Gasteiger partial charge in [0.15, 0.2) is 0 Å². The third kappa shape index (κ3) is 10.7. The highest BCUT2D eigenvalue weighted by Crippen LogP contribution is 2.17. The van der Waals surface area contributed by atoms with Gasteiger partial charge in [0.25, 0.3) is 0 Å². The first kappa shape index (κ1) is 19.2. The maximum atomic E-state index is 8.40. The van der Waals surface area contributed by atoms with Gasteiger partial charge in [0.05, 0.1) is 0 Å². The smallest absolute Gasteiger partial charge is 0.374 e. The molecule has 0 atom stereocenters. The summed E-state index contributed by atoms with van der Waals surface area (Å²) < 4.78 is 33.8. The molecular weight excluding hydrogens is 258 g/mol. The second-order valence-electron chi connectivity index (χ2n) is 2.96. The molecule has 6 nitrogen and oxygen atoms in total. The van der Waals surface area contributed by atoms with Gasteiger partial charge < -0.3 is 19.0 Å². The molecule has 0 spiro atoms. The summed E-state index contributed by atoms with van der Waals surface area (Å²) in [7, 11) is -3.81. The van der Waals surface area contributed by atoms with E-state index >= 15 is 0 Å². The van der Waals surface area contributed by atoms with Gasteiger partial charge in [-0.25, -0.2) is 0 Å². The van der Waals surface area contributed by atoms with Gasteiger partial charge in [0.1, 0.15) is 0 Å². The van der Waals surface area contributed by atoms with E-state index < -0.39 is 18.1 Å². The molecule has 0 radical (unpaired) electrons. The molecule has 0 fully saturated rings. The maximum absolute atomic E-state index is 8.40. The minimum absolute atomic E-state index is 0.636. The Morgan fingerprint density at radius 3 is 1.59 bits per heavy atom. The molecule has 0 saturated carbocycles. The highest BCUT2D eigenvalue weighted by Gasteiger charge is 2.39. The molecule has 0 aliphatic carbocycles. The summed E-state index contributed by atoms with van der Waals surface area (Å²) in [6.07, 6.45) is 0.895. The Bertz CT molecular complexity index is 183. The fraction of sp³-hybridized carbons (Fsp3) is 1.00. The number of rotatable bonds is 9. The van der Waals surface area contributed by atoms with Crippen molar-refractivity contribution in [1.82, 2.24) is 0 Å². The van der Waals surface area contributed by atoms with Crippen LogP contribution in [0, 0.1) is 0 Å². The normalized spacial score (nSPS) is 10.4. The maximum Gasteiger partial charge on any atom is 0.549 e. The van der Waals surface area contributed by atoms with Gasteiger partial charge in [-0.1, -0.05) is 0 Å². The lowest BCUT2D eigenvalue weighted by molar-refractivity contribution is 0.0710. The molecule has 0 amide bonds. The predicted molar refractivity (Wildman–Crippen MR) is 66.2 cm³/mol. The molecule has 8 heteroatoms. The molecule has 0 unspecified atom stereocenters. The van der Waals surface area contributed by atoms with Crippen molar-refractivity contribution in [3.63, 3.8) is 0 Å². The third-order valence-corrected chi connectivity index (χ3v) is 4.93.